The van der Waals surface area contributed by atoms with Gasteiger partial charge < -0.3 is 10.4 Å². The molecular weight excluding hydrogens is 500 g/mol. The number of anilines is 2. The van der Waals surface area contributed by atoms with Gasteiger partial charge in [0.1, 0.15) is 0 Å². The molecule has 5 aromatic rings. The third-order valence-corrected chi connectivity index (χ3v) is 7.87. The van der Waals surface area contributed by atoms with Crippen LogP contribution in [0.15, 0.2) is 95.9 Å². The van der Waals surface area contributed by atoms with Crippen molar-refractivity contribution in [3.8, 4) is 22.6 Å². The van der Waals surface area contributed by atoms with Crippen molar-refractivity contribution < 1.29 is 18.3 Å². The van der Waals surface area contributed by atoms with Crippen LogP contribution in [0.3, 0.4) is 0 Å². The summed E-state index contributed by atoms with van der Waals surface area (Å²) in [6, 6.07) is 27.0. The minimum Gasteiger partial charge on any atom is -0.395 e. The fourth-order valence-electron chi connectivity index (χ4n) is 4.64. The third kappa shape index (κ3) is 4.12. The van der Waals surface area contributed by atoms with Gasteiger partial charge in [-0.05, 0) is 48.5 Å². The quantitative estimate of drug-likeness (QED) is 0.282. The molecule has 1 aliphatic rings. The molecule has 0 saturated heterocycles. The molecule has 0 unspecified atom stereocenters. The summed E-state index contributed by atoms with van der Waals surface area (Å²) in [5, 5.41) is 13.0. The first kappa shape index (κ1) is 23.9. The molecule has 8 nitrogen and oxygen atoms in total. The smallest absolute Gasteiger partial charge is 0.240 e. The molecule has 3 N–H and O–H groups in total. The molecular formula is C29H22N4O4S. The van der Waals surface area contributed by atoms with E-state index in [9.17, 15) is 13.2 Å². The summed E-state index contributed by atoms with van der Waals surface area (Å²) in [7, 11) is -3.74. The maximum atomic E-state index is 13.7. The highest BCUT2D eigenvalue weighted by atomic mass is 32.2. The number of para-hydroxylation sites is 1. The number of fused-ring (bicyclic) bond motifs is 2. The van der Waals surface area contributed by atoms with Crippen molar-refractivity contribution in [2.45, 2.75) is 4.90 Å². The SMILES string of the molecule is O=C1c2ccccc2-c2nc(-c3ccc(S(=O)(=O)NCCO)cc3)nc3ccc(Nc4ccccc4)c1c23. The van der Waals surface area contributed by atoms with Crippen LogP contribution in [0.25, 0.3) is 33.5 Å². The van der Waals surface area contributed by atoms with Crippen molar-refractivity contribution in [2.75, 3.05) is 18.5 Å². The highest BCUT2D eigenvalue weighted by molar-refractivity contribution is 7.89. The number of ketones is 1. The second-order valence-corrected chi connectivity index (χ2v) is 10.6. The van der Waals surface area contributed by atoms with E-state index in [4.69, 9.17) is 15.1 Å². The van der Waals surface area contributed by atoms with Gasteiger partial charge in [0.15, 0.2) is 11.6 Å². The van der Waals surface area contributed by atoms with Crippen LogP contribution in [0.2, 0.25) is 0 Å². The lowest BCUT2D eigenvalue weighted by atomic mass is 9.85. The average Bonchev–Trinajstić information content (AvgIpc) is 2.95. The van der Waals surface area contributed by atoms with E-state index in [2.05, 4.69) is 10.0 Å². The van der Waals surface area contributed by atoms with E-state index < -0.39 is 10.0 Å². The molecule has 0 saturated carbocycles. The van der Waals surface area contributed by atoms with E-state index in [1.807, 2.05) is 60.7 Å². The monoisotopic (exact) mass is 522 g/mol. The number of carbonyl (C=O) groups excluding carboxylic acids is 1. The number of hydrogen-bond donors (Lipinski definition) is 3. The minimum absolute atomic E-state index is 0.0667. The molecule has 4 aromatic carbocycles. The number of aromatic nitrogens is 2. The molecule has 6 rings (SSSR count). The van der Waals surface area contributed by atoms with Crippen LogP contribution in [0.4, 0.5) is 11.4 Å². The maximum absolute atomic E-state index is 13.7. The number of hydrogen-bond acceptors (Lipinski definition) is 7. The fourth-order valence-corrected chi connectivity index (χ4v) is 5.66. The molecule has 0 spiro atoms. The van der Waals surface area contributed by atoms with Gasteiger partial charge in [-0.3, -0.25) is 4.79 Å². The molecule has 0 bridgehead atoms. The van der Waals surface area contributed by atoms with Crippen molar-refractivity contribution in [3.05, 3.63) is 102 Å². The van der Waals surface area contributed by atoms with Crippen LogP contribution < -0.4 is 10.0 Å². The Balaban J connectivity index is 1.51. The largest absolute Gasteiger partial charge is 0.395 e. The summed E-state index contributed by atoms with van der Waals surface area (Å²) in [4.78, 5) is 23.4. The zero-order chi connectivity index (χ0) is 26.3. The molecule has 0 amide bonds. The summed E-state index contributed by atoms with van der Waals surface area (Å²) in [6.07, 6.45) is 0. The van der Waals surface area contributed by atoms with Gasteiger partial charge in [0, 0.05) is 34.3 Å². The van der Waals surface area contributed by atoms with E-state index in [1.165, 1.54) is 12.1 Å². The van der Waals surface area contributed by atoms with Gasteiger partial charge in [-0.25, -0.2) is 23.1 Å². The maximum Gasteiger partial charge on any atom is 0.240 e. The summed E-state index contributed by atoms with van der Waals surface area (Å²) in [6.45, 7) is -0.359. The van der Waals surface area contributed by atoms with Crippen molar-refractivity contribution in [1.82, 2.24) is 14.7 Å². The molecule has 38 heavy (non-hydrogen) atoms. The Kier molecular flexibility index (Phi) is 5.96. The highest BCUT2D eigenvalue weighted by Gasteiger charge is 2.30. The summed E-state index contributed by atoms with van der Waals surface area (Å²) >= 11 is 0. The fraction of sp³-hybridized carbons (Fsp3) is 0.0690. The minimum atomic E-state index is -3.74. The van der Waals surface area contributed by atoms with Crippen LogP contribution in [0.5, 0.6) is 0 Å². The van der Waals surface area contributed by atoms with E-state index >= 15 is 0 Å². The predicted molar refractivity (Wildman–Crippen MR) is 146 cm³/mol. The summed E-state index contributed by atoms with van der Waals surface area (Å²) in [5.74, 6) is 0.317. The zero-order valence-corrected chi connectivity index (χ0v) is 20.9. The summed E-state index contributed by atoms with van der Waals surface area (Å²) < 4.78 is 27.1. The number of sulfonamides is 1. The van der Waals surface area contributed by atoms with Crippen molar-refractivity contribution >= 4 is 38.1 Å². The van der Waals surface area contributed by atoms with Gasteiger partial charge in [0.25, 0.3) is 0 Å². The molecule has 9 heteroatoms. The molecule has 1 aliphatic carbocycles. The Bertz CT molecular complexity index is 1810. The Morgan fingerprint density at radius 2 is 1.50 bits per heavy atom. The van der Waals surface area contributed by atoms with Crippen molar-refractivity contribution in [3.63, 3.8) is 0 Å². The van der Waals surface area contributed by atoms with Gasteiger partial charge in [-0.1, -0.05) is 42.5 Å². The number of benzene rings is 4. The van der Waals surface area contributed by atoms with Gasteiger partial charge in [0.05, 0.1) is 34.0 Å². The standard InChI is InChI=1S/C29H22N4O4S/c34-17-16-30-38(36,37)20-12-10-18(11-13-20)29-32-23-14-15-24(31-19-6-2-1-3-7-19)26-25(23)27(33-29)21-8-4-5-9-22(21)28(26)35/h1-15,30-31,34H,16-17H2. The Labute approximate surface area is 219 Å². The third-order valence-electron chi connectivity index (χ3n) is 6.40. The number of carbonyl (C=O) groups is 1. The van der Waals surface area contributed by atoms with Crippen LogP contribution in [-0.2, 0) is 10.0 Å². The van der Waals surface area contributed by atoms with Crippen molar-refractivity contribution in [2.24, 2.45) is 0 Å². The van der Waals surface area contributed by atoms with Gasteiger partial charge in [-0.15, -0.1) is 0 Å². The second-order valence-electron chi connectivity index (χ2n) is 8.79. The molecule has 1 heterocycles. The van der Waals surface area contributed by atoms with Gasteiger partial charge in [-0.2, -0.15) is 0 Å². The zero-order valence-electron chi connectivity index (χ0n) is 20.0. The highest BCUT2D eigenvalue weighted by Crippen LogP contribution is 2.42. The first-order valence-electron chi connectivity index (χ1n) is 12.0. The normalized spacial score (nSPS) is 12.4. The number of aliphatic hydroxyl groups excluding tert-OH is 1. The van der Waals surface area contributed by atoms with Crippen LogP contribution in [0.1, 0.15) is 15.9 Å². The predicted octanol–water partition coefficient (Wildman–Crippen LogP) is 4.52. The number of aliphatic hydroxyl groups is 1. The number of nitrogens with one attached hydrogen (secondary N) is 2. The van der Waals surface area contributed by atoms with E-state index in [-0.39, 0.29) is 23.8 Å². The second kappa shape index (κ2) is 9.46. The first-order chi connectivity index (χ1) is 18.5. The van der Waals surface area contributed by atoms with E-state index in [1.54, 1.807) is 18.2 Å². The van der Waals surface area contributed by atoms with Gasteiger partial charge >= 0.3 is 0 Å². The lowest BCUT2D eigenvalue weighted by Gasteiger charge is -2.22. The molecule has 188 valence electrons. The topological polar surface area (TPSA) is 121 Å². The van der Waals surface area contributed by atoms with Crippen LogP contribution >= 0.6 is 0 Å². The first-order valence-corrected chi connectivity index (χ1v) is 13.5. The molecule has 1 aromatic heterocycles. The Hall–Kier alpha value is -4.44. The number of nitrogens with zero attached hydrogens (tertiary/aromatic N) is 2. The van der Waals surface area contributed by atoms with Crippen molar-refractivity contribution in [1.29, 1.82) is 0 Å². The molecule has 0 aliphatic heterocycles. The van der Waals surface area contributed by atoms with E-state index in [0.717, 1.165) is 11.3 Å². The van der Waals surface area contributed by atoms with Crippen LogP contribution in [0, 0.1) is 0 Å². The lowest BCUT2D eigenvalue weighted by molar-refractivity contribution is 0.104. The molecule has 0 radical (unpaired) electrons. The van der Waals surface area contributed by atoms with E-state index in [0.29, 0.717) is 44.8 Å². The summed E-state index contributed by atoms with van der Waals surface area (Å²) in [5.41, 5.74) is 5.22. The lowest BCUT2D eigenvalue weighted by Crippen LogP contribution is -2.26. The Morgan fingerprint density at radius 3 is 2.24 bits per heavy atom. The molecule has 0 atom stereocenters. The Morgan fingerprint density at radius 1 is 0.789 bits per heavy atom. The average molecular weight is 523 g/mol. The van der Waals surface area contributed by atoms with Crippen LogP contribution in [-0.4, -0.2) is 42.4 Å². The number of rotatable bonds is 7. The van der Waals surface area contributed by atoms with Gasteiger partial charge in [0.2, 0.25) is 10.0 Å². The molecule has 0 fully saturated rings.